The van der Waals surface area contributed by atoms with Crippen LogP contribution in [0.3, 0.4) is 0 Å². The Morgan fingerprint density at radius 1 is 1.33 bits per heavy atom. The van der Waals surface area contributed by atoms with E-state index >= 15 is 0 Å². The minimum atomic E-state index is -3.32. The summed E-state index contributed by atoms with van der Waals surface area (Å²) >= 11 is 5.45. The fraction of sp³-hybridized carbons (Fsp3) is 0.500. The number of halogens is 1. The summed E-state index contributed by atoms with van der Waals surface area (Å²) in [4.78, 5) is 7.57. The van der Waals surface area contributed by atoms with Crippen molar-refractivity contribution in [2.24, 2.45) is 0 Å². The standard InChI is InChI=1S/C8H12ClN3O2S/c9-3-1-2-6-15(13,14)12-8-7-10-4-5-11-8/h4-5,7H,1-3,6H2,(H,11,12). The lowest BCUT2D eigenvalue weighted by Gasteiger charge is -2.05. The highest BCUT2D eigenvalue weighted by Gasteiger charge is 2.10. The molecular weight excluding hydrogens is 238 g/mol. The van der Waals surface area contributed by atoms with Crippen molar-refractivity contribution in [3.05, 3.63) is 18.6 Å². The van der Waals surface area contributed by atoms with Crippen LogP contribution in [0.25, 0.3) is 0 Å². The van der Waals surface area contributed by atoms with E-state index in [9.17, 15) is 8.42 Å². The Morgan fingerprint density at radius 3 is 2.73 bits per heavy atom. The molecule has 0 unspecified atom stereocenters. The van der Waals surface area contributed by atoms with Gasteiger partial charge in [0, 0.05) is 18.3 Å². The van der Waals surface area contributed by atoms with Crippen LogP contribution in [-0.2, 0) is 10.0 Å². The van der Waals surface area contributed by atoms with Crippen LogP contribution in [0.5, 0.6) is 0 Å². The van der Waals surface area contributed by atoms with Crippen molar-refractivity contribution in [1.82, 2.24) is 9.97 Å². The number of sulfonamides is 1. The molecule has 0 aliphatic carbocycles. The van der Waals surface area contributed by atoms with Gasteiger partial charge in [0.25, 0.3) is 0 Å². The van der Waals surface area contributed by atoms with E-state index in [2.05, 4.69) is 14.7 Å². The van der Waals surface area contributed by atoms with Crippen LogP contribution in [0, 0.1) is 0 Å². The molecule has 1 N–H and O–H groups in total. The Hall–Kier alpha value is -0.880. The zero-order valence-corrected chi connectivity index (χ0v) is 9.63. The Balaban J connectivity index is 2.50. The molecule has 0 bridgehead atoms. The zero-order chi connectivity index (χ0) is 11.1. The zero-order valence-electron chi connectivity index (χ0n) is 8.06. The van der Waals surface area contributed by atoms with Gasteiger partial charge in [-0.2, -0.15) is 0 Å². The number of anilines is 1. The van der Waals surface area contributed by atoms with E-state index in [1.54, 1.807) is 0 Å². The van der Waals surface area contributed by atoms with Gasteiger partial charge in [0.05, 0.1) is 11.9 Å². The van der Waals surface area contributed by atoms with Gasteiger partial charge in [0.15, 0.2) is 5.82 Å². The van der Waals surface area contributed by atoms with Gasteiger partial charge >= 0.3 is 0 Å². The highest BCUT2D eigenvalue weighted by Crippen LogP contribution is 2.04. The third-order valence-corrected chi connectivity index (χ3v) is 3.23. The number of nitrogens with zero attached hydrogens (tertiary/aromatic N) is 2. The van der Waals surface area contributed by atoms with Crippen molar-refractivity contribution in [3.8, 4) is 0 Å². The van der Waals surface area contributed by atoms with E-state index in [0.29, 0.717) is 18.7 Å². The predicted octanol–water partition coefficient (Wildman–Crippen LogP) is 1.24. The van der Waals surface area contributed by atoms with Crippen LogP contribution in [0.2, 0.25) is 0 Å². The maximum atomic E-state index is 11.5. The average Bonchev–Trinajstić information content (AvgIpc) is 2.18. The van der Waals surface area contributed by atoms with Gasteiger partial charge < -0.3 is 0 Å². The van der Waals surface area contributed by atoms with Crippen LogP contribution in [0.15, 0.2) is 18.6 Å². The van der Waals surface area contributed by atoms with Gasteiger partial charge in [-0.1, -0.05) is 0 Å². The molecule has 0 atom stereocenters. The van der Waals surface area contributed by atoms with Crippen molar-refractivity contribution in [3.63, 3.8) is 0 Å². The molecule has 1 aromatic rings. The van der Waals surface area contributed by atoms with E-state index in [1.807, 2.05) is 0 Å². The molecule has 0 saturated carbocycles. The molecule has 5 nitrogen and oxygen atoms in total. The summed E-state index contributed by atoms with van der Waals surface area (Å²) in [5, 5.41) is 0. The number of alkyl halides is 1. The Labute approximate surface area is 93.9 Å². The predicted molar refractivity (Wildman–Crippen MR) is 59.4 cm³/mol. The van der Waals surface area contributed by atoms with Gasteiger partial charge in [-0.25, -0.2) is 13.4 Å². The molecular formula is C8H12ClN3O2S. The molecule has 15 heavy (non-hydrogen) atoms. The fourth-order valence-electron chi connectivity index (χ4n) is 0.949. The van der Waals surface area contributed by atoms with Crippen LogP contribution in [0.4, 0.5) is 5.82 Å². The van der Waals surface area contributed by atoms with E-state index in [1.165, 1.54) is 18.6 Å². The number of nitrogens with one attached hydrogen (secondary N) is 1. The van der Waals surface area contributed by atoms with Crippen molar-refractivity contribution in [1.29, 1.82) is 0 Å². The molecule has 0 aromatic carbocycles. The molecule has 0 radical (unpaired) electrons. The second-order valence-corrected chi connectivity index (χ2v) is 5.13. The van der Waals surface area contributed by atoms with Crippen LogP contribution in [-0.4, -0.2) is 30.0 Å². The Bertz CT molecular complexity index is 382. The molecule has 7 heteroatoms. The minimum Gasteiger partial charge on any atom is -0.266 e. The molecule has 0 aliphatic heterocycles. The molecule has 0 aliphatic rings. The summed E-state index contributed by atoms with van der Waals surface area (Å²) in [6.45, 7) is 0. The number of rotatable bonds is 6. The van der Waals surface area contributed by atoms with Crippen molar-refractivity contribution < 1.29 is 8.42 Å². The topological polar surface area (TPSA) is 72.0 Å². The molecule has 1 aromatic heterocycles. The highest BCUT2D eigenvalue weighted by atomic mass is 35.5. The molecule has 0 amide bonds. The summed E-state index contributed by atoms with van der Waals surface area (Å²) in [7, 11) is -3.32. The second-order valence-electron chi connectivity index (χ2n) is 2.91. The van der Waals surface area contributed by atoms with Crippen LogP contribution < -0.4 is 4.72 Å². The van der Waals surface area contributed by atoms with E-state index < -0.39 is 10.0 Å². The maximum Gasteiger partial charge on any atom is 0.233 e. The smallest absolute Gasteiger partial charge is 0.233 e. The average molecular weight is 250 g/mol. The minimum absolute atomic E-state index is 0.0519. The number of hydrogen-bond donors (Lipinski definition) is 1. The summed E-state index contributed by atoms with van der Waals surface area (Å²) in [5.74, 6) is 0.764. The molecule has 84 valence electrons. The summed E-state index contributed by atoms with van der Waals surface area (Å²) in [6.07, 6.45) is 5.49. The molecule has 0 saturated heterocycles. The lowest BCUT2D eigenvalue weighted by molar-refractivity contribution is 0.597. The summed E-state index contributed by atoms with van der Waals surface area (Å²) < 4.78 is 25.2. The third-order valence-electron chi connectivity index (χ3n) is 1.62. The van der Waals surface area contributed by atoms with Gasteiger partial charge in [-0.3, -0.25) is 9.71 Å². The molecule has 0 fully saturated rings. The largest absolute Gasteiger partial charge is 0.266 e. The molecule has 0 spiro atoms. The van der Waals surface area contributed by atoms with Crippen molar-refractivity contribution in [2.75, 3.05) is 16.4 Å². The Kier molecular flexibility index (Phi) is 4.77. The van der Waals surface area contributed by atoms with E-state index in [4.69, 9.17) is 11.6 Å². The number of aromatic nitrogens is 2. The first-order valence-corrected chi connectivity index (χ1v) is 6.65. The summed E-state index contributed by atoms with van der Waals surface area (Å²) in [5.41, 5.74) is 0. The normalized spacial score (nSPS) is 11.3. The van der Waals surface area contributed by atoms with Gasteiger partial charge in [0.2, 0.25) is 10.0 Å². The lowest BCUT2D eigenvalue weighted by atomic mass is 10.4. The number of unbranched alkanes of at least 4 members (excludes halogenated alkanes) is 1. The quantitative estimate of drug-likeness (QED) is 0.608. The highest BCUT2D eigenvalue weighted by molar-refractivity contribution is 7.92. The molecule has 1 rings (SSSR count). The van der Waals surface area contributed by atoms with Gasteiger partial charge in [-0.05, 0) is 12.8 Å². The van der Waals surface area contributed by atoms with E-state index in [0.717, 1.165) is 0 Å². The van der Waals surface area contributed by atoms with Gasteiger partial charge in [0.1, 0.15) is 0 Å². The van der Waals surface area contributed by atoms with Crippen LogP contribution in [0.1, 0.15) is 12.8 Å². The fourth-order valence-corrected chi connectivity index (χ4v) is 2.25. The lowest BCUT2D eigenvalue weighted by Crippen LogP contribution is -2.17. The van der Waals surface area contributed by atoms with Crippen molar-refractivity contribution in [2.45, 2.75) is 12.8 Å². The van der Waals surface area contributed by atoms with Crippen molar-refractivity contribution >= 4 is 27.4 Å². The Morgan fingerprint density at radius 2 is 2.13 bits per heavy atom. The molecule has 1 heterocycles. The first-order chi connectivity index (χ1) is 7.14. The third kappa shape index (κ3) is 4.94. The van der Waals surface area contributed by atoms with Gasteiger partial charge in [-0.15, -0.1) is 11.6 Å². The second kappa shape index (κ2) is 5.87. The number of hydrogen-bond acceptors (Lipinski definition) is 4. The SMILES string of the molecule is O=S(=O)(CCCCCl)Nc1cnccn1. The van der Waals surface area contributed by atoms with E-state index in [-0.39, 0.29) is 11.6 Å². The first-order valence-electron chi connectivity index (χ1n) is 4.46. The van der Waals surface area contributed by atoms with Crippen LogP contribution >= 0.6 is 11.6 Å². The first kappa shape index (κ1) is 12.2. The maximum absolute atomic E-state index is 11.5. The summed E-state index contributed by atoms with van der Waals surface area (Å²) in [6, 6.07) is 0. The monoisotopic (exact) mass is 249 g/mol.